The Labute approximate surface area is 148 Å². The van der Waals surface area contributed by atoms with Crippen molar-refractivity contribution in [2.24, 2.45) is 0 Å². The molecule has 134 valence electrons. The molecule has 1 amide bonds. The summed E-state index contributed by atoms with van der Waals surface area (Å²) in [5.41, 5.74) is 0.632. The predicted octanol–water partition coefficient (Wildman–Crippen LogP) is 4.89. The number of aryl methyl sites for hydroxylation is 1. The van der Waals surface area contributed by atoms with E-state index in [4.69, 9.17) is 4.74 Å². The molecule has 0 saturated carbocycles. The number of fused-ring (bicyclic) bond motifs is 1. The van der Waals surface area contributed by atoms with Gasteiger partial charge in [-0.1, -0.05) is 30.3 Å². The minimum atomic E-state index is -4.35. The molecule has 0 N–H and O–H groups in total. The molecule has 0 radical (unpaired) electrons. The number of alkyl halides is 3. The lowest BCUT2D eigenvalue weighted by Gasteiger charge is -2.31. The van der Waals surface area contributed by atoms with E-state index < -0.39 is 17.8 Å². The van der Waals surface area contributed by atoms with Crippen LogP contribution in [0, 0.1) is 0 Å². The number of hydrogen-bond acceptors (Lipinski definition) is 3. The summed E-state index contributed by atoms with van der Waals surface area (Å²) in [7, 11) is 1.59. The molecule has 1 unspecified atom stereocenters. The minimum Gasteiger partial charge on any atom is -0.445 e. The maximum absolute atomic E-state index is 13.1. The van der Waals surface area contributed by atoms with Gasteiger partial charge < -0.3 is 9.64 Å². The van der Waals surface area contributed by atoms with Gasteiger partial charge in [-0.2, -0.15) is 13.2 Å². The number of halogens is 3. The van der Waals surface area contributed by atoms with Crippen molar-refractivity contribution in [3.8, 4) is 0 Å². The number of hydrogen-bond donors (Lipinski definition) is 0. The van der Waals surface area contributed by atoms with Crippen molar-refractivity contribution in [3.63, 3.8) is 0 Å². The van der Waals surface area contributed by atoms with Crippen LogP contribution in [0.4, 0.5) is 18.0 Å². The number of nitrogens with zero attached hydrogens (tertiary/aromatic N) is 1. The average Bonchev–Trinajstić information content (AvgIpc) is 3.03. The number of thiophene rings is 1. The van der Waals surface area contributed by atoms with Gasteiger partial charge in [0.1, 0.15) is 6.61 Å². The van der Waals surface area contributed by atoms with E-state index >= 15 is 0 Å². The second-order valence-electron chi connectivity index (χ2n) is 6.10. The van der Waals surface area contributed by atoms with Gasteiger partial charge in [-0.25, -0.2) is 4.79 Å². The highest BCUT2D eigenvalue weighted by molar-refractivity contribution is 7.10. The van der Waals surface area contributed by atoms with Gasteiger partial charge in [0, 0.05) is 23.3 Å². The van der Waals surface area contributed by atoms with Crippen LogP contribution in [0.1, 0.15) is 28.0 Å². The first-order chi connectivity index (χ1) is 11.9. The number of ether oxygens (including phenoxy) is 1. The van der Waals surface area contributed by atoms with Gasteiger partial charge in [-0.15, -0.1) is 11.3 Å². The third-order valence-corrected chi connectivity index (χ3v) is 5.56. The lowest BCUT2D eigenvalue weighted by Crippen LogP contribution is -2.41. The normalized spacial score (nSPS) is 17.0. The van der Waals surface area contributed by atoms with E-state index in [1.54, 1.807) is 7.05 Å². The van der Waals surface area contributed by atoms with Crippen LogP contribution in [-0.2, 0) is 30.4 Å². The molecule has 1 heterocycles. The van der Waals surface area contributed by atoms with E-state index in [1.807, 2.05) is 30.3 Å². The number of likely N-dealkylation sites (N-methyl/N-ethyl adjacent to an activating group) is 1. The summed E-state index contributed by atoms with van der Waals surface area (Å²) in [6.45, 7) is 0.147. The average molecular weight is 369 g/mol. The van der Waals surface area contributed by atoms with Crippen molar-refractivity contribution in [2.45, 2.75) is 38.1 Å². The molecule has 1 aliphatic rings. The summed E-state index contributed by atoms with van der Waals surface area (Å²) in [5.74, 6) is 0. The first-order valence-corrected chi connectivity index (χ1v) is 8.84. The van der Waals surface area contributed by atoms with Crippen LogP contribution in [0.5, 0.6) is 0 Å². The molecule has 2 aromatic rings. The van der Waals surface area contributed by atoms with Crippen LogP contribution >= 0.6 is 11.3 Å². The Hall–Kier alpha value is -2.02. The lowest BCUT2D eigenvalue weighted by atomic mass is 9.91. The Bertz CT molecular complexity index is 743. The Balaban J connectivity index is 1.64. The van der Waals surface area contributed by atoms with Crippen LogP contribution < -0.4 is 0 Å². The topological polar surface area (TPSA) is 29.5 Å². The molecule has 1 atom stereocenters. The third-order valence-electron chi connectivity index (χ3n) is 4.47. The highest BCUT2D eigenvalue weighted by atomic mass is 32.1. The molecule has 3 nitrogen and oxygen atoms in total. The van der Waals surface area contributed by atoms with Gasteiger partial charge in [0.15, 0.2) is 0 Å². The van der Waals surface area contributed by atoms with Crippen molar-refractivity contribution >= 4 is 17.4 Å². The molecule has 7 heteroatoms. The molecular formula is C18H18F3NO2S. The molecule has 0 saturated heterocycles. The van der Waals surface area contributed by atoms with Gasteiger partial charge in [0.25, 0.3) is 0 Å². The monoisotopic (exact) mass is 369 g/mol. The first-order valence-electron chi connectivity index (χ1n) is 7.96. The number of carbonyl (C=O) groups excluding carboxylic acids is 1. The van der Waals surface area contributed by atoms with E-state index in [9.17, 15) is 18.0 Å². The Morgan fingerprint density at radius 1 is 1.32 bits per heavy atom. The summed E-state index contributed by atoms with van der Waals surface area (Å²) in [6, 6.07) is 8.99. The highest BCUT2D eigenvalue weighted by Crippen LogP contribution is 2.40. The number of carbonyl (C=O) groups is 1. The zero-order valence-corrected chi connectivity index (χ0v) is 14.5. The molecule has 0 bridgehead atoms. The molecule has 25 heavy (non-hydrogen) atoms. The van der Waals surface area contributed by atoms with E-state index in [0.717, 1.165) is 21.8 Å². The second-order valence-corrected chi connectivity index (χ2v) is 7.06. The number of benzene rings is 1. The summed E-state index contributed by atoms with van der Waals surface area (Å²) in [6.07, 6.45) is -3.46. The summed E-state index contributed by atoms with van der Waals surface area (Å²) in [5, 5.41) is 1.18. The van der Waals surface area contributed by atoms with Crippen LogP contribution in [0.15, 0.2) is 35.7 Å². The van der Waals surface area contributed by atoms with E-state index in [0.29, 0.717) is 18.4 Å². The van der Waals surface area contributed by atoms with Gasteiger partial charge in [0.05, 0.1) is 5.56 Å². The third kappa shape index (κ3) is 3.98. The van der Waals surface area contributed by atoms with Crippen LogP contribution in [0.3, 0.4) is 0 Å². The highest BCUT2D eigenvalue weighted by Gasteiger charge is 2.38. The van der Waals surface area contributed by atoms with E-state index in [-0.39, 0.29) is 19.1 Å². The number of amides is 1. The van der Waals surface area contributed by atoms with Crippen LogP contribution in [-0.4, -0.2) is 24.1 Å². The van der Waals surface area contributed by atoms with Gasteiger partial charge in [-0.05, 0) is 30.4 Å². The lowest BCUT2D eigenvalue weighted by molar-refractivity contribution is -0.138. The van der Waals surface area contributed by atoms with Crippen molar-refractivity contribution < 1.29 is 22.7 Å². The maximum atomic E-state index is 13.1. The quantitative estimate of drug-likeness (QED) is 0.771. The fraction of sp³-hybridized carbons (Fsp3) is 0.389. The molecule has 0 fully saturated rings. The standard InChI is InChI=1S/C18H18F3NO2S/c1-22(17(23)24-10-12-5-3-2-4-6-12)13-7-8-16-14(9-13)15(11-25-16)18(19,20)21/h2-6,11,13H,7-10H2,1H3. The fourth-order valence-corrected chi connectivity index (χ4v) is 4.14. The Kier molecular flexibility index (Phi) is 5.03. The molecule has 0 spiro atoms. The summed E-state index contributed by atoms with van der Waals surface area (Å²) < 4.78 is 44.6. The van der Waals surface area contributed by atoms with Gasteiger partial charge in [-0.3, -0.25) is 0 Å². The van der Waals surface area contributed by atoms with Gasteiger partial charge in [0.2, 0.25) is 0 Å². The smallest absolute Gasteiger partial charge is 0.417 e. The fourth-order valence-electron chi connectivity index (χ4n) is 3.03. The summed E-state index contributed by atoms with van der Waals surface area (Å²) >= 11 is 1.15. The second kappa shape index (κ2) is 7.07. The van der Waals surface area contributed by atoms with E-state index in [1.165, 1.54) is 10.3 Å². The molecule has 1 aromatic carbocycles. The van der Waals surface area contributed by atoms with Crippen molar-refractivity contribution in [2.75, 3.05) is 7.05 Å². The Morgan fingerprint density at radius 3 is 2.72 bits per heavy atom. The van der Waals surface area contributed by atoms with Crippen LogP contribution in [0.25, 0.3) is 0 Å². The minimum absolute atomic E-state index is 0.147. The van der Waals surface area contributed by atoms with E-state index in [2.05, 4.69) is 0 Å². The zero-order valence-electron chi connectivity index (χ0n) is 13.7. The number of rotatable bonds is 3. The molecular weight excluding hydrogens is 351 g/mol. The molecule has 3 rings (SSSR count). The predicted molar refractivity (Wildman–Crippen MR) is 89.5 cm³/mol. The van der Waals surface area contributed by atoms with Crippen molar-refractivity contribution in [1.82, 2.24) is 4.90 Å². The first kappa shape index (κ1) is 17.8. The molecule has 1 aromatic heterocycles. The summed E-state index contributed by atoms with van der Waals surface area (Å²) in [4.78, 5) is 14.4. The molecule has 0 aliphatic heterocycles. The maximum Gasteiger partial charge on any atom is 0.417 e. The largest absolute Gasteiger partial charge is 0.445 e. The van der Waals surface area contributed by atoms with Gasteiger partial charge >= 0.3 is 12.3 Å². The molecule has 1 aliphatic carbocycles. The zero-order chi connectivity index (χ0) is 18.0. The van der Waals surface area contributed by atoms with Crippen molar-refractivity contribution in [1.29, 1.82) is 0 Å². The SMILES string of the molecule is CN(C(=O)OCc1ccccc1)C1CCc2scc(C(F)(F)F)c2C1. The van der Waals surface area contributed by atoms with Crippen molar-refractivity contribution in [3.05, 3.63) is 57.3 Å². The van der Waals surface area contributed by atoms with Crippen LogP contribution in [0.2, 0.25) is 0 Å². The Morgan fingerprint density at radius 2 is 2.04 bits per heavy atom.